The average Bonchev–Trinajstić information content (AvgIpc) is 2.04. The van der Waals surface area contributed by atoms with Gasteiger partial charge in [0.1, 0.15) is 0 Å². The molecule has 0 bridgehead atoms. The third-order valence-electron chi connectivity index (χ3n) is 1.80. The molecule has 0 rings (SSSR count). The van der Waals surface area contributed by atoms with Crippen molar-refractivity contribution in [3.8, 4) is 0 Å². The largest absolute Gasteiger partial charge is 0.513 e. The van der Waals surface area contributed by atoms with Crippen LogP contribution in [-0.4, -0.2) is 5.11 Å². The highest BCUT2D eigenvalue weighted by molar-refractivity contribution is 5.23. The van der Waals surface area contributed by atoms with Crippen molar-refractivity contribution in [3.05, 3.63) is 36.1 Å². The highest BCUT2D eigenvalue weighted by Crippen LogP contribution is 2.11. The van der Waals surface area contributed by atoms with Crippen LogP contribution in [0.4, 0.5) is 0 Å². The van der Waals surface area contributed by atoms with E-state index in [4.69, 9.17) is 5.11 Å². The highest BCUT2D eigenvalue weighted by atomic mass is 16.3. The summed E-state index contributed by atoms with van der Waals surface area (Å²) in [6, 6.07) is 0. The predicted octanol–water partition coefficient (Wildman–Crippen LogP) is 4.14. The van der Waals surface area contributed by atoms with Gasteiger partial charge in [0.15, 0.2) is 0 Å². The van der Waals surface area contributed by atoms with Crippen LogP contribution in [0, 0.1) is 0 Å². The summed E-state index contributed by atoms with van der Waals surface area (Å²) in [5, 5.41) is 9.09. The van der Waals surface area contributed by atoms with E-state index in [-0.39, 0.29) is 0 Å². The van der Waals surface area contributed by atoms with E-state index in [0.29, 0.717) is 5.76 Å². The van der Waals surface area contributed by atoms with E-state index in [1.807, 2.05) is 6.08 Å². The summed E-state index contributed by atoms with van der Waals surface area (Å²) >= 11 is 0. The minimum absolute atomic E-state index is 0.365. The molecule has 0 aliphatic heterocycles. The summed E-state index contributed by atoms with van der Waals surface area (Å²) in [5.74, 6) is 0.365. The maximum Gasteiger partial charge on any atom is 0.0894 e. The third kappa shape index (κ3) is 7.38. The van der Waals surface area contributed by atoms with E-state index >= 15 is 0 Å². The van der Waals surface area contributed by atoms with E-state index in [9.17, 15) is 0 Å². The van der Waals surface area contributed by atoms with Gasteiger partial charge in [-0.1, -0.05) is 38.5 Å². The SMILES string of the molecule is C=C/C=C(\C=C(/C)O)CCCCC. The molecular formula is C12H20O. The summed E-state index contributed by atoms with van der Waals surface area (Å²) in [5.41, 5.74) is 1.16. The van der Waals surface area contributed by atoms with Crippen molar-refractivity contribution in [2.75, 3.05) is 0 Å². The number of hydrogen-bond acceptors (Lipinski definition) is 1. The summed E-state index contributed by atoms with van der Waals surface area (Å²) in [6.07, 6.45) is 10.2. The monoisotopic (exact) mass is 180 g/mol. The molecular weight excluding hydrogens is 160 g/mol. The summed E-state index contributed by atoms with van der Waals surface area (Å²) in [7, 11) is 0. The van der Waals surface area contributed by atoms with Gasteiger partial charge in [0.05, 0.1) is 5.76 Å². The van der Waals surface area contributed by atoms with Crippen LogP contribution in [-0.2, 0) is 0 Å². The first-order valence-corrected chi connectivity index (χ1v) is 4.89. The second-order valence-corrected chi connectivity index (χ2v) is 3.22. The second kappa shape index (κ2) is 7.66. The Morgan fingerprint density at radius 1 is 1.38 bits per heavy atom. The molecule has 1 heteroatoms. The Hall–Kier alpha value is -0.980. The Balaban J connectivity index is 4.04. The molecule has 0 saturated carbocycles. The van der Waals surface area contributed by atoms with Crippen LogP contribution in [0.3, 0.4) is 0 Å². The fourth-order valence-corrected chi connectivity index (χ4v) is 1.20. The Kier molecular flexibility index (Phi) is 7.08. The van der Waals surface area contributed by atoms with Gasteiger partial charge in [0.2, 0.25) is 0 Å². The normalized spacial score (nSPS) is 13.1. The van der Waals surface area contributed by atoms with Gasteiger partial charge in [0.25, 0.3) is 0 Å². The van der Waals surface area contributed by atoms with Crippen molar-refractivity contribution in [3.63, 3.8) is 0 Å². The number of hydrogen-bond donors (Lipinski definition) is 1. The van der Waals surface area contributed by atoms with Crippen molar-refractivity contribution in [1.82, 2.24) is 0 Å². The van der Waals surface area contributed by atoms with Crippen molar-refractivity contribution in [2.45, 2.75) is 39.5 Å². The summed E-state index contributed by atoms with van der Waals surface area (Å²) in [6.45, 7) is 7.52. The molecule has 74 valence electrons. The van der Waals surface area contributed by atoms with E-state index in [0.717, 1.165) is 12.0 Å². The first kappa shape index (κ1) is 12.0. The van der Waals surface area contributed by atoms with E-state index in [1.165, 1.54) is 19.3 Å². The lowest BCUT2D eigenvalue weighted by Gasteiger charge is -2.00. The molecule has 0 atom stereocenters. The maximum absolute atomic E-state index is 9.09. The average molecular weight is 180 g/mol. The van der Waals surface area contributed by atoms with Gasteiger partial charge < -0.3 is 5.11 Å². The number of rotatable bonds is 6. The van der Waals surface area contributed by atoms with Crippen LogP contribution in [0.5, 0.6) is 0 Å². The standard InChI is InChI=1S/C12H20O/c1-4-6-7-9-12(8-5-2)10-11(3)13/h5,8,10,13H,2,4,6-7,9H2,1,3H3/b11-10+,12-8-. The van der Waals surface area contributed by atoms with Gasteiger partial charge >= 0.3 is 0 Å². The third-order valence-corrected chi connectivity index (χ3v) is 1.80. The smallest absolute Gasteiger partial charge is 0.0894 e. The Labute approximate surface area is 81.5 Å². The molecule has 1 nitrogen and oxygen atoms in total. The molecule has 0 aliphatic rings. The Morgan fingerprint density at radius 2 is 2.08 bits per heavy atom. The van der Waals surface area contributed by atoms with Crippen LogP contribution in [0.2, 0.25) is 0 Å². The number of unbranched alkanes of at least 4 members (excludes halogenated alkanes) is 2. The lowest BCUT2D eigenvalue weighted by atomic mass is 10.1. The molecule has 0 saturated heterocycles. The molecule has 13 heavy (non-hydrogen) atoms. The van der Waals surface area contributed by atoms with Crippen LogP contribution < -0.4 is 0 Å². The zero-order valence-corrected chi connectivity index (χ0v) is 8.71. The fourth-order valence-electron chi connectivity index (χ4n) is 1.20. The van der Waals surface area contributed by atoms with Gasteiger partial charge in [-0.05, 0) is 31.4 Å². The molecule has 0 fully saturated rings. The maximum atomic E-state index is 9.09. The first-order chi connectivity index (χ1) is 6.20. The quantitative estimate of drug-likeness (QED) is 0.370. The first-order valence-electron chi connectivity index (χ1n) is 4.89. The van der Waals surface area contributed by atoms with Crippen molar-refractivity contribution in [1.29, 1.82) is 0 Å². The molecule has 0 amide bonds. The van der Waals surface area contributed by atoms with Gasteiger partial charge in [-0.15, -0.1) is 0 Å². The molecule has 0 aromatic rings. The van der Waals surface area contributed by atoms with E-state index < -0.39 is 0 Å². The molecule has 0 unspecified atom stereocenters. The zero-order chi connectivity index (χ0) is 10.1. The van der Waals surface area contributed by atoms with Crippen molar-refractivity contribution < 1.29 is 5.11 Å². The predicted molar refractivity (Wildman–Crippen MR) is 58.8 cm³/mol. The van der Waals surface area contributed by atoms with Crippen LogP contribution in [0.25, 0.3) is 0 Å². The molecule has 0 radical (unpaired) electrons. The topological polar surface area (TPSA) is 20.2 Å². The van der Waals surface area contributed by atoms with Crippen LogP contribution in [0.15, 0.2) is 36.1 Å². The van der Waals surface area contributed by atoms with Gasteiger partial charge in [-0.2, -0.15) is 0 Å². The van der Waals surface area contributed by atoms with Gasteiger partial charge in [-0.3, -0.25) is 0 Å². The summed E-state index contributed by atoms with van der Waals surface area (Å²) in [4.78, 5) is 0. The minimum atomic E-state index is 0.365. The number of aliphatic hydroxyl groups is 1. The molecule has 0 heterocycles. The second-order valence-electron chi connectivity index (χ2n) is 3.22. The zero-order valence-electron chi connectivity index (χ0n) is 8.71. The van der Waals surface area contributed by atoms with E-state index in [1.54, 1.807) is 19.1 Å². The van der Waals surface area contributed by atoms with Crippen LogP contribution in [0.1, 0.15) is 39.5 Å². The van der Waals surface area contributed by atoms with Crippen molar-refractivity contribution in [2.24, 2.45) is 0 Å². The van der Waals surface area contributed by atoms with Gasteiger partial charge in [0, 0.05) is 0 Å². The lowest BCUT2D eigenvalue weighted by molar-refractivity contribution is 0.413. The van der Waals surface area contributed by atoms with Gasteiger partial charge in [-0.25, -0.2) is 0 Å². The van der Waals surface area contributed by atoms with Crippen molar-refractivity contribution >= 4 is 0 Å². The molecule has 0 aromatic carbocycles. The number of allylic oxidation sites excluding steroid dienone is 5. The minimum Gasteiger partial charge on any atom is -0.513 e. The number of aliphatic hydroxyl groups excluding tert-OH is 1. The molecule has 0 aromatic heterocycles. The highest BCUT2D eigenvalue weighted by Gasteiger charge is 1.93. The molecule has 0 spiro atoms. The summed E-state index contributed by atoms with van der Waals surface area (Å²) < 4.78 is 0. The molecule has 0 aliphatic carbocycles. The van der Waals surface area contributed by atoms with E-state index in [2.05, 4.69) is 13.5 Å². The molecule has 1 N–H and O–H groups in total. The fraction of sp³-hybridized carbons (Fsp3) is 0.500. The Bertz CT molecular complexity index is 195. The Morgan fingerprint density at radius 3 is 2.54 bits per heavy atom. The lowest BCUT2D eigenvalue weighted by Crippen LogP contribution is -1.82. The van der Waals surface area contributed by atoms with Crippen LogP contribution >= 0.6 is 0 Å².